The summed E-state index contributed by atoms with van der Waals surface area (Å²) in [6.07, 6.45) is 4.21. The number of aromatic nitrogens is 1. The van der Waals surface area contributed by atoms with Gasteiger partial charge in [-0.2, -0.15) is 4.57 Å². The van der Waals surface area contributed by atoms with Crippen LogP contribution in [0.4, 0.5) is 0 Å². The van der Waals surface area contributed by atoms with Crippen LogP contribution in [0, 0.1) is 0 Å². The third kappa shape index (κ3) is 2.53. The van der Waals surface area contributed by atoms with E-state index in [1.54, 1.807) is 18.4 Å². The number of thiazole rings is 1. The minimum absolute atomic E-state index is 0.301. The van der Waals surface area contributed by atoms with Gasteiger partial charge in [0, 0.05) is 6.08 Å². The molecule has 0 radical (unpaired) electrons. The predicted molar refractivity (Wildman–Crippen MR) is 91.0 cm³/mol. The van der Waals surface area contributed by atoms with E-state index in [1.807, 2.05) is 24.3 Å². The third-order valence-electron chi connectivity index (χ3n) is 3.89. The maximum atomic E-state index is 5.42. The van der Waals surface area contributed by atoms with E-state index in [0.717, 1.165) is 22.8 Å². The molecule has 0 amide bonds. The highest BCUT2D eigenvalue weighted by molar-refractivity contribution is 7.18. The summed E-state index contributed by atoms with van der Waals surface area (Å²) in [6, 6.07) is 12.1. The highest BCUT2D eigenvalue weighted by Crippen LogP contribution is 2.33. The highest BCUT2D eigenvalue weighted by atomic mass is 32.1. The van der Waals surface area contributed by atoms with Gasteiger partial charge in [-0.1, -0.05) is 17.4 Å². The van der Waals surface area contributed by atoms with Gasteiger partial charge in [-0.05, 0) is 35.9 Å². The molecule has 0 N–H and O–H groups in total. The second kappa shape index (κ2) is 5.59. The van der Waals surface area contributed by atoms with Crippen LogP contribution in [0.15, 0.2) is 36.4 Å². The zero-order chi connectivity index (χ0) is 15.8. The lowest BCUT2D eigenvalue weighted by molar-refractivity contribution is -0.642. The molecule has 0 saturated carbocycles. The standard InChI is InChI=1S/C18H16NO3S/c1-19-14-10-13(20-2)5-7-17(14)23-18(19)8-4-12-3-6-15-16(9-12)22-11-21-15/h3-10H,11H2,1-2H3/q+1. The van der Waals surface area contributed by atoms with E-state index in [4.69, 9.17) is 14.2 Å². The molecule has 0 unspecified atom stereocenters. The lowest BCUT2D eigenvalue weighted by Gasteiger charge is -1.97. The van der Waals surface area contributed by atoms with E-state index >= 15 is 0 Å². The average molecular weight is 326 g/mol. The largest absolute Gasteiger partial charge is 0.497 e. The van der Waals surface area contributed by atoms with E-state index < -0.39 is 0 Å². The van der Waals surface area contributed by atoms with Gasteiger partial charge in [0.2, 0.25) is 12.3 Å². The maximum absolute atomic E-state index is 5.42. The van der Waals surface area contributed by atoms with Crippen molar-refractivity contribution >= 4 is 33.7 Å². The first-order valence-electron chi connectivity index (χ1n) is 7.29. The smallest absolute Gasteiger partial charge is 0.262 e. The van der Waals surface area contributed by atoms with Crippen molar-refractivity contribution in [2.45, 2.75) is 0 Å². The summed E-state index contributed by atoms with van der Waals surface area (Å²) in [7, 11) is 3.76. The van der Waals surface area contributed by atoms with Crippen molar-refractivity contribution in [2.24, 2.45) is 7.05 Å². The van der Waals surface area contributed by atoms with Crippen LogP contribution in [0.3, 0.4) is 0 Å². The number of benzene rings is 2. The number of methoxy groups -OCH3 is 1. The van der Waals surface area contributed by atoms with E-state index in [9.17, 15) is 0 Å². The van der Waals surface area contributed by atoms with Crippen LogP contribution in [0.25, 0.3) is 22.4 Å². The van der Waals surface area contributed by atoms with Crippen molar-refractivity contribution in [2.75, 3.05) is 13.9 Å². The van der Waals surface area contributed by atoms with Crippen molar-refractivity contribution in [3.63, 3.8) is 0 Å². The molecule has 0 spiro atoms. The first-order valence-corrected chi connectivity index (χ1v) is 8.10. The fourth-order valence-corrected chi connectivity index (χ4v) is 3.64. The topological polar surface area (TPSA) is 31.6 Å². The Labute approximate surface area is 138 Å². The summed E-state index contributed by atoms with van der Waals surface area (Å²) in [6.45, 7) is 0.301. The number of nitrogens with zero attached hydrogens (tertiary/aromatic N) is 1. The Bertz CT molecular complexity index is 914. The van der Waals surface area contributed by atoms with Gasteiger partial charge in [-0.3, -0.25) is 0 Å². The maximum Gasteiger partial charge on any atom is 0.262 e. The molecule has 1 aliphatic rings. The molecular weight excluding hydrogens is 310 g/mol. The molecule has 2 aromatic carbocycles. The molecular formula is C18H16NO3S+. The number of rotatable bonds is 3. The quantitative estimate of drug-likeness (QED) is 0.689. The van der Waals surface area contributed by atoms with E-state index in [1.165, 1.54) is 15.2 Å². The van der Waals surface area contributed by atoms with Gasteiger partial charge in [0.05, 0.1) is 13.2 Å². The fraction of sp³-hybridized carbons (Fsp3) is 0.167. The highest BCUT2D eigenvalue weighted by Gasteiger charge is 2.16. The zero-order valence-corrected chi connectivity index (χ0v) is 13.7. The Morgan fingerprint density at radius 3 is 2.83 bits per heavy atom. The molecule has 3 aromatic rings. The Morgan fingerprint density at radius 2 is 1.96 bits per heavy atom. The summed E-state index contributed by atoms with van der Waals surface area (Å²) in [5.74, 6) is 2.48. The fourth-order valence-electron chi connectivity index (χ4n) is 2.60. The van der Waals surface area contributed by atoms with Crippen LogP contribution in [-0.2, 0) is 7.05 Å². The normalized spacial score (nSPS) is 13.1. The van der Waals surface area contributed by atoms with Gasteiger partial charge in [-0.15, -0.1) is 0 Å². The molecule has 0 bridgehead atoms. The zero-order valence-electron chi connectivity index (χ0n) is 12.9. The monoisotopic (exact) mass is 326 g/mol. The second-order valence-electron chi connectivity index (χ2n) is 5.28. The number of fused-ring (bicyclic) bond motifs is 2. The number of hydrogen-bond donors (Lipinski definition) is 0. The molecule has 0 saturated heterocycles. The lowest BCUT2D eigenvalue weighted by Crippen LogP contribution is -2.28. The van der Waals surface area contributed by atoms with Crippen molar-refractivity contribution < 1.29 is 18.8 Å². The first kappa shape index (κ1) is 14.1. The molecule has 23 heavy (non-hydrogen) atoms. The average Bonchev–Trinajstić information content (AvgIpc) is 3.17. The van der Waals surface area contributed by atoms with Crippen molar-refractivity contribution in [3.05, 3.63) is 47.0 Å². The van der Waals surface area contributed by atoms with E-state index in [0.29, 0.717) is 6.79 Å². The summed E-state index contributed by atoms with van der Waals surface area (Å²) >= 11 is 1.75. The van der Waals surface area contributed by atoms with Gasteiger partial charge in [0.15, 0.2) is 11.5 Å². The summed E-state index contributed by atoms with van der Waals surface area (Å²) < 4.78 is 19.5. The Morgan fingerprint density at radius 1 is 1.09 bits per heavy atom. The van der Waals surface area contributed by atoms with Gasteiger partial charge < -0.3 is 14.2 Å². The lowest BCUT2D eigenvalue weighted by atomic mass is 10.2. The Balaban J connectivity index is 1.68. The van der Waals surface area contributed by atoms with Crippen molar-refractivity contribution in [1.82, 2.24) is 0 Å². The molecule has 1 aromatic heterocycles. The molecule has 4 rings (SSSR count). The number of aryl methyl sites for hydroxylation is 1. The first-order chi connectivity index (χ1) is 11.2. The Hall–Kier alpha value is -2.53. The number of hydrogen-bond acceptors (Lipinski definition) is 4. The van der Waals surface area contributed by atoms with Gasteiger partial charge in [-0.25, -0.2) is 0 Å². The van der Waals surface area contributed by atoms with Crippen molar-refractivity contribution in [3.8, 4) is 17.2 Å². The van der Waals surface area contributed by atoms with Crippen LogP contribution in [0.1, 0.15) is 10.6 Å². The second-order valence-corrected chi connectivity index (χ2v) is 6.34. The Kier molecular flexibility index (Phi) is 3.42. The summed E-state index contributed by atoms with van der Waals surface area (Å²) in [5.41, 5.74) is 2.25. The van der Waals surface area contributed by atoms with Crippen LogP contribution in [0.5, 0.6) is 17.2 Å². The van der Waals surface area contributed by atoms with Crippen LogP contribution < -0.4 is 18.8 Å². The SMILES string of the molecule is COc1ccc2sc(C=Cc3ccc4c(c3)OCO4)[n+](C)c2c1. The summed E-state index contributed by atoms with van der Waals surface area (Å²) in [4.78, 5) is 0. The van der Waals surface area contributed by atoms with Gasteiger partial charge in [0.1, 0.15) is 17.5 Å². The third-order valence-corrected chi connectivity index (χ3v) is 5.07. The molecule has 5 heteroatoms. The molecule has 0 fully saturated rings. The minimum atomic E-state index is 0.301. The molecule has 116 valence electrons. The van der Waals surface area contributed by atoms with E-state index in [-0.39, 0.29) is 0 Å². The van der Waals surface area contributed by atoms with Gasteiger partial charge >= 0.3 is 0 Å². The summed E-state index contributed by atoms with van der Waals surface area (Å²) in [5, 5.41) is 1.17. The van der Waals surface area contributed by atoms with Gasteiger partial charge in [0.25, 0.3) is 5.01 Å². The minimum Gasteiger partial charge on any atom is -0.497 e. The van der Waals surface area contributed by atoms with Crippen LogP contribution in [0.2, 0.25) is 0 Å². The molecule has 0 aliphatic carbocycles. The van der Waals surface area contributed by atoms with Crippen LogP contribution in [-0.4, -0.2) is 13.9 Å². The van der Waals surface area contributed by atoms with Crippen LogP contribution >= 0.6 is 11.3 Å². The number of ether oxygens (including phenoxy) is 3. The molecule has 0 atom stereocenters. The van der Waals surface area contributed by atoms with E-state index in [2.05, 4.69) is 35.9 Å². The molecule has 2 heterocycles. The molecule has 4 nitrogen and oxygen atoms in total. The molecule has 1 aliphatic heterocycles. The predicted octanol–water partition coefficient (Wildman–Crippen LogP) is 3.63. The van der Waals surface area contributed by atoms with Crippen molar-refractivity contribution in [1.29, 1.82) is 0 Å².